The van der Waals surface area contributed by atoms with Gasteiger partial charge in [-0.2, -0.15) is 0 Å². The van der Waals surface area contributed by atoms with Gasteiger partial charge in [0.1, 0.15) is 11.4 Å². The van der Waals surface area contributed by atoms with Gasteiger partial charge in [-0.1, -0.05) is 0 Å². The first-order valence-corrected chi connectivity index (χ1v) is 9.61. The molecule has 0 spiro atoms. The quantitative estimate of drug-likeness (QED) is 0.748. The van der Waals surface area contributed by atoms with E-state index in [9.17, 15) is 9.18 Å². The van der Waals surface area contributed by atoms with Crippen molar-refractivity contribution in [3.63, 3.8) is 0 Å². The fourth-order valence-electron chi connectivity index (χ4n) is 2.78. The van der Waals surface area contributed by atoms with Gasteiger partial charge >= 0.3 is 6.09 Å². The Morgan fingerprint density at radius 1 is 1.21 bits per heavy atom. The van der Waals surface area contributed by atoms with Gasteiger partial charge in [-0.15, -0.1) is 0 Å². The maximum atomic E-state index is 13.6. The molecule has 0 radical (unpaired) electrons. The fourth-order valence-corrected chi connectivity index (χ4v) is 2.78. The van der Waals surface area contributed by atoms with Crippen LogP contribution < -0.4 is 11.1 Å². The van der Waals surface area contributed by atoms with Crippen molar-refractivity contribution in [1.29, 1.82) is 0 Å². The highest BCUT2D eigenvalue weighted by molar-refractivity contribution is 5.67. The molecule has 6 heteroatoms. The number of pyridine rings is 1. The monoisotopic (exact) mass is 387 g/mol. The third kappa shape index (κ3) is 6.93. The largest absolute Gasteiger partial charge is 0.444 e. The molecule has 0 saturated carbocycles. The first kappa shape index (κ1) is 21.8. The Bertz CT molecular complexity index is 816. The number of hydrogen-bond donors (Lipinski definition) is 2. The van der Waals surface area contributed by atoms with Crippen molar-refractivity contribution in [1.82, 2.24) is 10.3 Å². The van der Waals surface area contributed by atoms with Gasteiger partial charge in [0.05, 0.1) is 5.69 Å². The van der Waals surface area contributed by atoms with E-state index in [1.165, 1.54) is 6.07 Å². The zero-order chi connectivity index (χ0) is 20.7. The molecule has 28 heavy (non-hydrogen) atoms. The first-order valence-electron chi connectivity index (χ1n) is 9.61. The number of carbonyl (C=O) groups is 1. The Morgan fingerprint density at radius 2 is 1.96 bits per heavy atom. The normalized spacial score (nSPS) is 11.4. The highest BCUT2D eigenvalue weighted by Gasteiger charge is 2.15. The Labute approximate surface area is 166 Å². The van der Waals surface area contributed by atoms with E-state index in [0.29, 0.717) is 25.1 Å². The van der Waals surface area contributed by atoms with Crippen molar-refractivity contribution in [2.75, 3.05) is 13.1 Å². The standard InChI is InChI=1S/C22H30FN3O2/c1-15-12-17(7-8-19(15)23)20-14-16(13-18(26-20)6-5-10-24)9-11-25-21(27)28-22(2,3)4/h7-8,12-14H,5-6,9-11,24H2,1-4H3,(H,25,27). The Kier molecular flexibility index (Phi) is 7.52. The van der Waals surface area contributed by atoms with Gasteiger partial charge in [-0.05, 0) is 95.0 Å². The van der Waals surface area contributed by atoms with Gasteiger partial charge in [0.15, 0.2) is 0 Å². The molecule has 1 amide bonds. The molecular formula is C22H30FN3O2. The molecule has 0 aliphatic rings. The predicted molar refractivity (Wildman–Crippen MR) is 110 cm³/mol. The molecule has 3 N–H and O–H groups in total. The molecule has 0 saturated heterocycles. The lowest BCUT2D eigenvalue weighted by Crippen LogP contribution is -2.33. The topological polar surface area (TPSA) is 77.2 Å². The summed E-state index contributed by atoms with van der Waals surface area (Å²) in [6.07, 6.45) is 1.83. The fraction of sp³-hybridized carbons (Fsp3) is 0.455. The van der Waals surface area contributed by atoms with Crippen molar-refractivity contribution in [3.05, 3.63) is 53.0 Å². The van der Waals surface area contributed by atoms with Crippen LogP contribution in [0.15, 0.2) is 30.3 Å². The molecule has 1 aromatic heterocycles. The van der Waals surface area contributed by atoms with Crippen LogP contribution in [-0.4, -0.2) is 29.8 Å². The first-order chi connectivity index (χ1) is 13.2. The van der Waals surface area contributed by atoms with Crippen molar-refractivity contribution < 1.29 is 13.9 Å². The highest BCUT2D eigenvalue weighted by atomic mass is 19.1. The van der Waals surface area contributed by atoms with E-state index in [-0.39, 0.29) is 5.82 Å². The van der Waals surface area contributed by atoms with Crippen molar-refractivity contribution in [2.24, 2.45) is 5.73 Å². The molecule has 0 fully saturated rings. The predicted octanol–water partition coefficient (Wildman–Crippen LogP) is 4.15. The van der Waals surface area contributed by atoms with Crippen LogP contribution in [-0.2, 0) is 17.6 Å². The molecular weight excluding hydrogens is 357 g/mol. The Hall–Kier alpha value is -2.47. The summed E-state index contributed by atoms with van der Waals surface area (Å²) in [5.41, 5.74) is 9.35. The molecule has 2 rings (SSSR count). The van der Waals surface area contributed by atoms with E-state index in [0.717, 1.165) is 35.4 Å². The summed E-state index contributed by atoms with van der Waals surface area (Å²) in [6.45, 7) is 8.28. The number of halogens is 1. The zero-order valence-electron chi connectivity index (χ0n) is 17.1. The van der Waals surface area contributed by atoms with Gasteiger partial charge < -0.3 is 15.8 Å². The van der Waals surface area contributed by atoms with Crippen LogP contribution in [0.5, 0.6) is 0 Å². The molecule has 0 atom stereocenters. The van der Waals surface area contributed by atoms with Crippen molar-refractivity contribution >= 4 is 6.09 Å². The average molecular weight is 387 g/mol. The molecule has 0 aliphatic carbocycles. The van der Waals surface area contributed by atoms with E-state index in [2.05, 4.69) is 5.32 Å². The van der Waals surface area contributed by atoms with E-state index >= 15 is 0 Å². The number of rotatable bonds is 7. The molecule has 1 aromatic carbocycles. The third-order valence-corrected chi connectivity index (χ3v) is 4.11. The summed E-state index contributed by atoms with van der Waals surface area (Å²) in [5.74, 6) is -0.232. The summed E-state index contributed by atoms with van der Waals surface area (Å²) < 4.78 is 18.9. The van der Waals surface area contributed by atoms with Crippen LogP contribution in [0.1, 0.15) is 44.0 Å². The van der Waals surface area contributed by atoms with Crippen molar-refractivity contribution in [2.45, 2.75) is 52.6 Å². The summed E-state index contributed by atoms with van der Waals surface area (Å²) >= 11 is 0. The number of carbonyl (C=O) groups excluding carboxylic acids is 1. The molecule has 152 valence electrons. The van der Waals surface area contributed by atoms with Gasteiger partial charge in [0, 0.05) is 17.8 Å². The lowest BCUT2D eigenvalue weighted by molar-refractivity contribution is 0.0528. The number of ether oxygens (including phenoxy) is 1. The van der Waals surface area contributed by atoms with Gasteiger partial charge in [-0.25, -0.2) is 9.18 Å². The maximum Gasteiger partial charge on any atom is 0.407 e. The minimum Gasteiger partial charge on any atom is -0.444 e. The molecule has 1 heterocycles. The smallest absolute Gasteiger partial charge is 0.407 e. The summed E-state index contributed by atoms with van der Waals surface area (Å²) in [7, 11) is 0. The van der Waals surface area contributed by atoms with Gasteiger partial charge in [0.25, 0.3) is 0 Å². The second-order valence-corrected chi connectivity index (χ2v) is 7.89. The van der Waals surface area contributed by atoms with E-state index < -0.39 is 11.7 Å². The van der Waals surface area contributed by atoms with Gasteiger partial charge in [0.2, 0.25) is 0 Å². The van der Waals surface area contributed by atoms with E-state index in [4.69, 9.17) is 15.5 Å². The third-order valence-electron chi connectivity index (χ3n) is 4.11. The number of amides is 1. The van der Waals surface area contributed by atoms with Crippen LogP contribution in [0, 0.1) is 12.7 Å². The van der Waals surface area contributed by atoms with Crippen LogP contribution in [0.4, 0.5) is 9.18 Å². The molecule has 5 nitrogen and oxygen atoms in total. The van der Waals surface area contributed by atoms with E-state index in [1.54, 1.807) is 19.1 Å². The van der Waals surface area contributed by atoms with Crippen LogP contribution in [0.25, 0.3) is 11.3 Å². The zero-order valence-corrected chi connectivity index (χ0v) is 17.1. The number of nitrogens with one attached hydrogen (secondary N) is 1. The molecule has 2 aromatic rings. The molecule has 0 aliphatic heterocycles. The lowest BCUT2D eigenvalue weighted by atomic mass is 10.0. The Balaban J connectivity index is 2.16. The van der Waals surface area contributed by atoms with Crippen LogP contribution in [0.2, 0.25) is 0 Å². The number of benzene rings is 1. The molecule has 0 bridgehead atoms. The second kappa shape index (κ2) is 9.64. The number of nitrogens with zero attached hydrogens (tertiary/aromatic N) is 1. The van der Waals surface area contributed by atoms with E-state index in [1.807, 2.05) is 32.9 Å². The van der Waals surface area contributed by atoms with Crippen LogP contribution in [0.3, 0.4) is 0 Å². The SMILES string of the molecule is Cc1cc(-c2cc(CCNC(=O)OC(C)(C)C)cc(CCCN)n2)ccc1F. The lowest BCUT2D eigenvalue weighted by Gasteiger charge is -2.19. The summed E-state index contributed by atoms with van der Waals surface area (Å²) in [4.78, 5) is 16.5. The number of aromatic nitrogens is 1. The average Bonchev–Trinajstić information content (AvgIpc) is 2.60. The second-order valence-electron chi connectivity index (χ2n) is 7.89. The summed E-state index contributed by atoms with van der Waals surface area (Å²) in [6, 6.07) is 9.01. The Morgan fingerprint density at radius 3 is 2.61 bits per heavy atom. The minimum absolute atomic E-state index is 0.232. The number of alkyl carbamates (subject to hydrolysis) is 1. The minimum atomic E-state index is -0.524. The summed E-state index contributed by atoms with van der Waals surface area (Å²) in [5, 5.41) is 2.77. The highest BCUT2D eigenvalue weighted by Crippen LogP contribution is 2.22. The van der Waals surface area contributed by atoms with Crippen LogP contribution >= 0.6 is 0 Å². The van der Waals surface area contributed by atoms with Crippen molar-refractivity contribution in [3.8, 4) is 11.3 Å². The number of hydrogen-bond acceptors (Lipinski definition) is 4. The van der Waals surface area contributed by atoms with Gasteiger partial charge in [-0.3, -0.25) is 4.98 Å². The number of nitrogens with two attached hydrogens (primary N) is 1. The molecule has 0 unspecified atom stereocenters. The maximum absolute atomic E-state index is 13.6. The number of aryl methyl sites for hydroxylation is 2.